The lowest BCUT2D eigenvalue weighted by Gasteiger charge is -2.27. The van der Waals surface area contributed by atoms with Crippen molar-refractivity contribution in [2.75, 3.05) is 16.8 Å². The molecule has 1 amide bonds. The first-order chi connectivity index (χ1) is 12.5. The summed E-state index contributed by atoms with van der Waals surface area (Å²) in [5, 5.41) is 2.77. The summed E-state index contributed by atoms with van der Waals surface area (Å²) in [6.07, 6.45) is 2.92. The Kier molecular flexibility index (Phi) is 5.02. The predicted molar refractivity (Wildman–Crippen MR) is 104 cm³/mol. The highest BCUT2D eigenvalue weighted by Gasteiger charge is 2.14. The van der Waals surface area contributed by atoms with Crippen LogP contribution in [0.5, 0.6) is 0 Å². The SMILES string of the molecule is CCN(c1ccc(NC(=O)c2cnc3ccccn3c2=O)cc1)C(C)C. The van der Waals surface area contributed by atoms with E-state index in [9.17, 15) is 9.59 Å². The van der Waals surface area contributed by atoms with Crippen molar-refractivity contribution in [1.29, 1.82) is 0 Å². The number of aromatic nitrogens is 2. The zero-order chi connectivity index (χ0) is 18.7. The van der Waals surface area contributed by atoms with Gasteiger partial charge in [-0.05, 0) is 57.2 Å². The van der Waals surface area contributed by atoms with Gasteiger partial charge in [-0.25, -0.2) is 4.98 Å². The second-order valence-electron chi connectivity index (χ2n) is 6.29. The van der Waals surface area contributed by atoms with Crippen LogP contribution in [-0.4, -0.2) is 27.9 Å². The summed E-state index contributed by atoms with van der Waals surface area (Å²) in [5.74, 6) is -0.468. The Morgan fingerprint density at radius 2 is 1.92 bits per heavy atom. The standard InChI is InChI=1S/C20H22N4O2/c1-4-23(14(2)3)16-10-8-15(9-11-16)22-19(25)17-13-21-18-7-5-6-12-24(18)20(17)26/h5-14H,4H2,1-3H3,(H,22,25). The van der Waals surface area contributed by atoms with Crippen LogP contribution in [0.25, 0.3) is 5.65 Å². The number of fused-ring (bicyclic) bond motifs is 1. The van der Waals surface area contributed by atoms with Gasteiger partial charge < -0.3 is 10.2 Å². The van der Waals surface area contributed by atoms with Crippen LogP contribution in [-0.2, 0) is 0 Å². The van der Waals surface area contributed by atoms with E-state index in [1.54, 1.807) is 24.4 Å². The van der Waals surface area contributed by atoms with Crippen molar-refractivity contribution < 1.29 is 4.79 Å². The molecule has 0 radical (unpaired) electrons. The first kappa shape index (κ1) is 17.7. The largest absolute Gasteiger partial charge is 0.369 e. The van der Waals surface area contributed by atoms with Gasteiger partial charge in [-0.1, -0.05) is 6.07 Å². The molecule has 6 heteroatoms. The van der Waals surface area contributed by atoms with Crippen molar-refractivity contribution in [3.8, 4) is 0 Å². The number of rotatable bonds is 5. The molecule has 3 rings (SSSR count). The molecular weight excluding hydrogens is 328 g/mol. The molecule has 134 valence electrons. The summed E-state index contributed by atoms with van der Waals surface area (Å²) in [4.78, 5) is 31.4. The Labute approximate surface area is 152 Å². The van der Waals surface area contributed by atoms with Crippen LogP contribution in [0.15, 0.2) is 59.7 Å². The van der Waals surface area contributed by atoms with Crippen LogP contribution >= 0.6 is 0 Å². The van der Waals surface area contributed by atoms with Gasteiger partial charge in [0.05, 0.1) is 0 Å². The fraction of sp³-hybridized carbons (Fsp3) is 0.250. The van der Waals surface area contributed by atoms with E-state index in [2.05, 4.69) is 36.0 Å². The number of anilines is 2. The molecule has 6 nitrogen and oxygen atoms in total. The number of pyridine rings is 1. The van der Waals surface area contributed by atoms with Crippen LogP contribution < -0.4 is 15.8 Å². The van der Waals surface area contributed by atoms with Crippen molar-refractivity contribution in [3.63, 3.8) is 0 Å². The highest BCUT2D eigenvalue weighted by Crippen LogP contribution is 2.20. The summed E-state index contributed by atoms with van der Waals surface area (Å²) in [6.45, 7) is 7.29. The average molecular weight is 350 g/mol. The number of nitrogens with one attached hydrogen (secondary N) is 1. The van der Waals surface area contributed by atoms with Gasteiger partial charge in [-0.3, -0.25) is 14.0 Å². The molecule has 0 aliphatic heterocycles. The Balaban J connectivity index is 1.82. The number of hydrogen-bond acceptors (Lipinski definition) is 4. The molecule has 0 bridgehead atoms. The summed E-state index contributed by atoms with van der Waals surface area (Å²) in [7, 11) is 0. The van der Waals surface area contributed by atoms with Crippen LogP contribution in [0.2, 0.25) is 0 Å². The third kappa shape index (κ3) is 3.44. The quantitative estimate of drug-likeness (QED) is 0.767. The molecule has 0 unspecified atom stereocenters. The predicted octanol–water partition coefficient (Wildman–Crippen LogP) is 3.18. The lowest BCUT2D eigenvalue weighted by atomic mass is 10.2. The second kappa shape index (κ2) is 7.39. The summed E-state index contributed by atoms with van der Waals surface area (Å²) in [5.41, 5.74) is 1.85. The fourth-order valence-electron chi connectivity index (χ4n) is 2.96. The fourth-order valence-corrected chi connectivity index (χ4v) is 2.96. The number of hydrogen-bond donors (Lipinski definition) is 1. The molecule has 2 heterocycles. The molecule has 2 aromatic heterocycles. The Bertz CT molecular complexity index is 977. The maximum atomic E-state index is 12.5. The van der Waals surface area contributed by atoms with E-state index >= 15 is 0 Å². The number of nitrogens with zero attached hydrogens (tertiary/aromatic N) is 3. The van der Waals surface area contributed by atoms with Crippen molar-refractivity contribution in [2.45, 2.75) is 26.8 Å². The smallest absolute Gasteiger partial charge is 0.270 e. The van der Waals surface area contributed by atoms with Gasteiger partial charge >= 0.3 is 0 Å². The minimum atomic E-state index is -0.468. The van der Waals surface area contributed by atoms with Crippen molar-refractivity contribution in [2.24, 2.45) is 0 Å². The molecule has 0 atom stereocenters. The van der Waals surface area contributed by atoms with Crippen LogP contribution in [0, 0.1) is 0 Å². The topological polar surface area (TPSA) is 66.7 Å². The molecule has 3 aromatic rings. The maximum absolute atomic E-state index is 12.5. The minimum Gasteiger partial charge on any atom is -0.369 e. The molecule has 26 heavy (non-hydrogen) atoms. The molecule has 0 aliphatic rings. The van der Waals surface area contributed by atoms with Gasteiger partial charge in [0.25, 0.3) is 11.5 Å². The Morgan fingerprint density at radius 1 is 1.19 bits per heavy atom. The molecule has 0 spiro atoms. The monoisotopic (exact) mass is 350 g/mol. The van der Waals surface area contributed by atoms with E-state index in [4.69, 9.17) is 0 Å². The van der Waals surface area contributed by atoms with Crippen LogP contribution in [0.1, 0.15) is 31.1 Å². The molecule has 0 saturated carbocycles. The third-order valence-corrected chi connectivity index (χ3v) is 4.28. The number of carbonyl (C=O) groups excluding carboxylic acids is 1. The molecule has 0 fully saturated rings. The first-order valence-corrected chi connectivity index (χ1v) is 8.65. The van der Waals surface area contributed by atoms with Crippen molar-refractivity contribution in [3.05, 3.63) is 70.8 Å². The highest BCUT2D eigenvalue weighted by atomic mass is 16.2. The van der Waals surface area contributed by atoms with Crippen LogP contribution in [0.3, 0.4) is 0 Å². The number of benzene rings is 1. The molecular formula is C20H22N4O2. The van der Waals surface area contributed by atoms with Gasteiger partial charge in [-0.2, -0.15) is 0 Å². The first-order valence-electron chi connectivity index (χ1n) is 8.65. The summed E-state index contributed by atoms with van der Waals surface area (Å²) < 4.78 is 1.36. The van der Waals surface area contributed by atoms with Crippen molar-refractivity contribution >= 4 is 22.9 Å². The minimum absolute atomic E-state index is 0.00939. The van der Waals surface area contributed by atoms with Gasteiger partial charge in [0.2, 0.25) is 0 Å². The molecule has 0 aliphatic carbocycles. The maximum Gasteiger partial charge on any atom is 0.270 e. The van der Waals surface area contributed by atoms with E-state index in [0.717, 1.165) is 12.2 Å². The van der Waals surface area contributed by atoms with Gasteiger partial charge in [0, 0.05) is 36.4 Å². The number of carbonyl (C=O) groups is 1. The summed E-state index contributed by atoms with van der Waals surface area (Å²) >= 11 is 0. The zero-order valence-electron chi connectivity index (χ0n) is 15.1. The highest BCUT2D eigenvalue weighted by molar-refractivity contribution is 6.04. The van der Waals surface area contributed by atoms with E-state index in [1.165, 1.54) is 10.6 Å². The average Bonchev–Trinajstić information content (AvgIpc) is 2.64. The Morgan fingerprint density at radius 3 is 2.58 bits per heavy atom. The second-order valence-corrected chi connectivity index (χ2v) is 6.29. The normalized spacial score (nSPS) is 10.9. The molecule has 1 aromatic carbocycles. The van der Waals surface area contributed by atoms with E-state index in [1.807, 2.05) is 24.3 Å². The van der Waals surface area contributed by atoms with Crippen molar-refractivity contribution in [1.82, 2.24) is 9.38 Å². The van der Waals surface area contributed by atoms with E-state index in [0.29, 0.717) is 17.4 Å². The Hall–Kier alpha value is -3.15. The van der Waals surface area contributed by atoms with E-state index in [-0.39, 0.29) is 11.1 Å². The van der Waals surface area contributed by atoms with Gasteiger partial charge in [0.15, 0.2) is 0 Å². The molecule has 1 N–H and O–H groups in total. The lowest BCUT2D eigenvalue weighted by molar-refractivity contribution is 0.102. The third-order valence-electron chi connectivity index (χ3n) is 4.28. The molecule has 0 saturated heterocycles. The summed E-state index contributed by atoms with van der Waals surface area (Å²) in [6, 6.07) is 13.2. The lowest BCUT2D eigenvalue weighted by Crippen LogP contribution is -2.30. The van der Waals surface area contributed by atoms with Gasteiger partial charge in [-0.15, -0.1) is 0 Å². The number of amides is 1. The van der Waals surface area contributed by atoms with Crippen LogP contribution in [0.4, 0.5) is 11.4 Å². The van der Waals surface area contributed by atoms with Gasteiger partial charge in [0.1, 0.15) is 11.2 Å². The zero-order valence-corrected chi connectivity index (χ0v) is 15.1. The van der Waals surface area contributed by atoms with E-state index < -0.39 is 5.91 Å².